The Morgan fingerprint density at radius 2 is 1.76 bits per heavy atom. The Balaban J connectivity index is 1.69. The first-order valence-corrected chi connectivity index (χ1v) is 11.5. The Kier molecular flexibility index (Phi) is 7.81. The van der Waals surface area contributed by atoms with Crippen molar-refractivity contribution in [3.63, 3.8) is 0 Å². The van der Waals surface area contributed by atoms with Crippen LogP contribution in [0.2, 0.25) is 5.02 Å². The fourth-order valence-corrected chi connectivity index (χ4v) is 3.83. The maximum absolute atomic E-state index is 13.6. The molecule has 0 spiro atoms. The second-order valence-corrected chi connectivity index (χ2v) is 8.32. The van der Waals surface area contributed by atoms with Crippen LogP contribution in [0.4, 0.5) is 32.8 Å². The molecule has 1 aliphatic rings. The number of urea groups is 1. The first-order chi connectivity index (χ1) is 18.1. The number of benzene rings is 2. The number of rotatable bonds is 5. The molecule has 0 aliphatic carbocycles. The SMILES string of the molecule is CCOC(=O)N(C(=O)N1CC(c2ccc(Cl)cn2)C(c2ccc(F)cc2)=N1)c1ccc(OC(F)(F)F)cc1. The number of hydrogen-bond donors (Lipinski definition) is 0. The lowest BCUT2D eigenvalue weighted by atomic mass is 9.94. The van der Waals surface area contributed by atoms with Crippen LogP contribution in [-0.2, 0) is 4.74 Å². The average Bonchev–Trinajstić information content (AvgIpc) is 3.31. The molecule has 0 N–H and O–H groups in total. The molecule has 38 heavy (non-hydrogen) atoms. The summed E-state index contributed by atoms with van der Waals surface area (Å²) in [7, 11) is 0. The predicted molar refractivity (Wildman–Crippen MR) is 130 cm³/mol. The molecular formula is C25H19ClF4N4O4. The molecule has 0 bridgehead atoms. The molecule has 2 heterocycles. The molecule has 4 rings (SSSR count). The molecule has 13 heteroatoms. The summed E-state index contributed by atoms with van der Waals surface area (Å²) in [5.41, 5.74) is 1.34. The number of ether oxygens (including phenoxy) is 2. The smallest absolute Gasteiger partial charge is 0.449 e. The van der Waals surface area contributed by atoms with Gasteiger partial charge in [-0.25, -0.2) is 19.0 Å². The van der Waals surface area contributed by atoms with Crippen LogP contribution in [0.25, 0.3) is 0 Å². The number of anilines is 1. The van der Waals surface area contributed by atoms with E-state index in [1.54, 1.807) is 12.1 Å². The monoisotopic (exact) mass is 550 g/mol. The molecule has 1 aliphatic heterocycles. The number of nitrogens with zero attached hydrogens (tertiary/aromatic N) is 4. The van der Waals surface area contributed by atoms with Gasteiger partial charge in [0.15, 0.2) is 0 Å². The minimum absolute atomic E-state index is 0.0502. The Bertz CT molecular complexity index is 1330. The van der Waals surface area contributed by atoms with Gasteiger partial charge in [0.05, 0.1) is 41.2 Å². The van der Waals surface area contributed by atoms with Gasteiger partial charge in [-0.2, -0.15) is 10.0 Å². The summed E-state index contributed by atoms with van der Waals surface area (Å²) >= 11 is 5.96. The highest BCUT2D eigenvalue weighted by Crippen LogP contribution is 2.31. The van der Waals surface area contributed by atoms with E-state index in [-0.39, 0.29) is 18.8 Å². The summed E-state index contributed by atoms with van der Waals surface area (Å²) in [4.78, 5) is 31.3. The van der Waals surface area contributed by atoms with Crippen molar-refractivity contribution in [2.24, 2.45) is 5.10 Å². The number of hydrazone groups is 1. The highest BCUT2D eigenvalue weighted by atomic mass is 35.5. The third-order valence-electron chi connectivity index (χ3n) is 5.35. The van der Waals surface area contributed by atoms with Crippen molar-refractivity contribution in [3.8, 4) is 5.75 Å². The lowest BCUT2D eigenvalue weighted by molar-refractivity contribution is -0.274. The first-order valence-electron chi connectivity index (χ1n) is 11.2. The number of hydrogen-bond acceptors (Lipinski definition) is 6. The van der Waals surface area contributed by atoms with E-state index < -0.39 is 36.0 Å². The minimum Gasteiger partial charge on any atom is -0.449 e. The van der Waals surface area contributed by atoms with Crippen molar-refractivity contribution in [1.82, 2.24) is 9.99 Å². The van der Waals surface area contributed by atoms with E-state index in [1.807, 2.05) is 0 Å². The van der Waals surface area contributed by atoms with E-state index in [0.717, 1.165) is 29.3 Å². The largest absolute Gasteiger partial charge is 0.573 e. The summed E-state index contributed by atoms with van der Waals surface area (Å²) < 4.78 is 60.1. The number of halogens is 5. The van der Waals surface area contributed by atoms with Crippen molar-refractivity contribution in [2.45, 2.75) is 19.2 Å². The van der Waals surface area contributed by atoms with Gasteiger partial charge < -0.3 is 9.47 Å². The lowest BCUT2D eigenvalue weighted by Crippen LogP contribution is -2.44. The van der Waals surface area contributed by atoms with Gasteiger partial charge in [-0.3, -0.25) is 4.98 Å². The number of alkyl halides is 3. The van der Waals surface area contributed by atoms with Gasteiger partial charge in [-0.05, 0) is 61.0 Å². The Morgan fingerprint density at radius 3 is 2.34 bits per heavy atom. The van der Waals surface area contributed by atoms with Crippen LogP contribution in [-0.4, -0.2) is 47.3 Å². The van der Waals surface area contributed by atoms with Gasteiger partial charge in [0, 0.05) is 6.20 Å². The Labute approximate surface area is 219 Å². The first kappa shape index (κ1) is 26.9. The van der Waals surface area contributed by atoms with Crippen molar-refractivity contribution < 1.29 is 36.6 Å². The second kappa shape index (κ2) is 11.1. The number of aromatic nitrogens is 1. The van der Waals surface area contributed by atoms with Gasteiger partial charge >= 0.3 is 18.5 Å². The van der Waals surface area contributed by atoms with Crippen LogP contribution in [0.5, 0.6) is 5.75 Å². The minimum atomic E-state index is -4.91. The van der Waals surface area contributed by atoms with Crippen molar-refractivity contribution in [3.05, 3.63) is 89.0 Å². The molecule has 0 fully saturated rings. The summed E-state index contributed by atoms with van der Waals surface area (Å²) in [6.07, 6.45) is -4.54. The molecule has 1 aromatic heterocycles. The van der Waals surface area contributed by atoms with E-state index in [4.69, 9.17) is 16.3 Å². The summed E-state index contributed by atoms with van der Waals surface area (Å²) in [5, 5.41) is 5.81. The second-order valence-electron chi connectivity index (χ2n) is 7.89. The van der Waals surface area contributed by atoms with Crippen LogP contribution in [0.15, 0.2) is 72.0 Å². The zero-order valence-corrected chi connectivity index (χ0v) is 20.4. The highest BCUT2D eigenvalue weighted by Gasteiger charge is 2.38. The normalized spacial score (nSPS) is 15.2. The van der Waals surface area contributed by atoms with Gasteiger partial charge in [-0.15, -0.1) is 13.2 Å². The number of carbonyl (C=O) groups excluding carboxylic acids is 2. The summed E-state index contributed by atoms with van der Waals surface area (Å²) in [6, 6.07) is 11.9. The third-order valence-corrected chi connectivity index (χ3v) is 5.58. The quantitative estimate of drug-likeness (QED) is 0.345. The van der Waals surface area contributed by atoms with Crippen LogP contribution in [0.1, 0.15) is 24.1 Å². The maximum atomic E-state index is 13.6. The Hall–Kier alpha value is -4.19. The van der Waals surface area contributed by atoms with Crippen molar-refractivity contribution in [2.75, 3.05) is 18.1 Å². The van der Waals surface area contributed by atoms with E-state index in [0.29, 0.717) is 26.9 Å². The maximum Gasteiger partial charge on any atom is 0.573 e. The summed E-state index contributed by atoms with van der Waals surface area (Å²) in [6.45, 7) is 1.41. The molecule has 3 aromatic rings. The van der Waals surface area contributed by atoms with Gasteiger partial charge in [-0.1, -0.05) is 23.7 Å². The molecule has 1 unspecified atom stereocenters. The number of amides is 3. The van der Waals surface area contributed by atoms with E-state index in [2.05, 4.69) is 14.8 Å². The van der Waals surface area contributed by atoms with Crippen LogP contribution in [0.3, 0.4) is 0 Å². The fraction of sp³-hybridized carbons (Fsp3) is 0.200. The molecule has 0 radical (unpaired) electrons. The zero-order chi connectivity index (χ0) is 27.4. The molecule has 0 saturated heterocycles. The summed E-state index contributed by atoms with van der Waals surface area (Å²) in [5.74, 6) is -1.56. The van der Waals surface area contributed by atoms with Gasteiger partial charge in [0.25, 0.3) is 0 Å². The molecule has 198 valence electrons. The molecule has 1 atom stereocenters. The van der Waals surface area contributed by atoms with Crippen LogP contribution >= 0.6 is 11.6 Å². The number of carbonyl (C=O) groups is 2. The van der Waals surface area contributed by atoms with E-state index >= 15 is 0 Å². The van der Waals surface area contributed by atoms with Crippen LogP contribution in [0, 0.1) is 5.82 Å². The van der Waals surface area contributed by atoms with Crippen LogP contribution < -0.4 is 9.64 Å². The fourth-order valence-electron chi connectivity index (χ4n) is 3.72. The third kappa shape index (κ3) is 6.20. The van der Waals surface area contributed by atoms with Gasteiger partial charge in [0.1, 0.15) is 11.6 Å². The zero-order valence-electron chi connectivity index (χ0n) is 19.7. The standard InChI is InChI=1S/C25H19ClF4N4O4/c1-2-37-24(36)34(18-8-10-19(11-9-18)38-25(28,29)30)23(35)33-14-20(21-12-5-16(26)13-31-21)22(32-33)15-3-6-17(27)7-4-15/h3-13,20H,2,14H2,1H3. The topological polar surface area (TPSA) is 84.3 Å². The molecule has 3 amide bonds. The predicted octanol–water partition coefficient (Wildman–Crippen LogP) is 6.36. The number of pyridine rings is 1. The highest BCUT2D eigenvalue weighted by molar-refractivity contribution is 6.30. The number of imide groups is 1. The van der Waals surface area contributed by atoms with Crippen molar-refractivity contribution >= 4 is 35.1 Å². The lowest BCUT2D eigenvalue weighted by Gasteiger charge is -2.24. The van der Waals surface area contributed by atoms with E-state index in [9.17, 15) is 27.2 Å². The molecule has 2 aromatic carbocycles. The van der Waals surface area contributed by atoms with E-state index in [1.165, 1.54) is 37.4 Å². The average molecular weight is 551 g/mol. The van der Waals surface area contributed by atoms with Gasteiger partial charge in [0.2, 0.25) is 0 Å². The molecule has 0 saturated carbocycles. The molecule has 8 nitrogen and oxygen atoms in total. The molecular weight excluding hydrogens is 532 g/mol. The Morgan fingerprint density at radius 1 is 1.08 bits per heavy atom. The van der Waals surface area contributed by atoms with Crippen molar-refractivity contribution in [1.29, 1.82) is 0 Å².